The van der Waals surface area contributed by atoms with Gasteiger partial charge in [0.15, 0.2) is 0 Å². The maximum Gasteiger partial charge on any atom is 0.0712 e. The number of piperidine rings is 1. The molecule has 0 spiro atoms. The van der Waals surface area contributed by atoms with Gasteiger partial charge in [-0.15, -0.1) is 0 Å². The molecule has 2 heterocycles. The number of benzene rings is 2. The van der Waals surface area contributed by atoms with Crippen LogP contribution in [0.25, 0.3) is 22.2 Å². The third-order valence-electron chi connectivity index (χ3n) is 5.09. The molecule has 1 aliphatic heterocycles. The summed E-state index contributed by atoms with van der Waals surface area (Å²) in [6.07, 6.45) is 5.07. The smallest absolute Gasteiger partial charge is 0.0712 e. The molecule has 2 aromatic carbocycles. The number of nitrogens with one attached hydrogen (secondary N) is 1. The zero-order valence-electron chi connectivity index (χ0n) is 14.0. The minimum Gasteiger partial charge on any atom is -0.316 e. The molecule has 0 amide bonds. The van der Waals surface area contributed by atoms with Crippen molar-refractivity contribution in [3.8, 4) is 11.3 Å². The van der Waals surface area contributed by atoms with Crippen LogP contribution < -0.4 is 5.32 Å². The van der Waals surface area contributed by atoms with E-state index in [4.69, 9.17) is 4.98 Å². The summed E-state index contributed by atoms with van der Waals surface area (Å²) in [7, 11) is 0. The van der Waals surface area contributed by atoms with Crippen LogP contribution in [0.15, 0.2) is 60.7 Å². The molecule has 0 radical (unpaired) electrons. The number of fused-ring (bicyclic) bond motifs is 1. The SMILES string of the molecule is c1ccc(-c2cc(CC[C@@H]3CCCNC3)c3ccccc3n2)cc1. The van der Waals surface area contributed by atoms with E-state index in [0.717, 1.165) is 23.5 Å². The number of nitrogens with zero attached hydrogens (tertiary/aromatic N) is 1. The molecule has 1 atom stereocenters. The molecular weight excluding hydrogens is 292 g/mol. The summed E-state index contributed by atoms with van der Waals surface area (Å²) in [5.41, 5.74) is 4.83. The summed E-state index contributed by atoms with van der Waals surface area (Å²) in [4.78, 5) is 4.89. The van der Waals surface area contributed by atoms with Crippen molar-refractivity contribution < 1.29 is 0 Å². The van der Waals surface area contributed by atoms with Gasteiger partial charge in [0.1, 0.15) is 0 Å². The van der Waals surface area contributed by atoms with Gasteiger partial charge < -0.3 is 5.32 Å². The molecule has 4 rings (SSSR count). The van der Waals surface area contributed by atoms with Crippen LogP contribution in [0.3, 0.4) is 0 Å². The maximum atomic E-state index is 4.89. The maximum absolute atomic E-state index is 4.89. The quantitative estimate of drug-likeness (QED) is 0.745. The molecule has 1 N–H and O–H groups in total. The summed E-state index contributed by atoms with van der Waals surface area (Å²) in [6, 6.07) is 21.4. The van der Waals surface area contributed by atoms with Crippen LogP contribution in [-0.4, -0.2) is 18.1 Å². The van der Waals surface area contributed by atoms with Gasteiger partial charge >= 0.3 is 0 Å². The van der Waals surface area contributed by atoms with E-state index in [0.29, 0.717) is 0 Å². The van der Waals surface area contributed by atoms with E-state index in [1.807, 2.05) is 0 Å². The van der Waals surface area contributed by atoms with Gasteiger partial charge in [0.05, 0.1) is 11.2 Å². The molecular formula is C22H24N2. The zero-order valence-corrected chi connectivity index (χ0v) is 14.0. The van der Waals surface area contributed by atoms with E-state index in [1.54, 1.807) is 0 Å². The predicted molar refractivity (Wildman–Crippen MR) is 101 cm³/mol. The molecule has 0 unspecified atom stereocenters. The molecule has 0 saturated carbocycles. The fourth-order valence-electron chi connectivity index (χ4n) is 3.74. The van der Waals surface area contributed by atoms with Crippen LogP contribution in [0.2, 0.25) is 0 Å². The highest BCUT2D eigenvalue weighted by Crippen LogP contribution is 2.27. The second kappa shape index (κ2) is 7.14. The number of hydrogen-bond donors (Lipinski definition) is 1. The summed E-state index contributed by atoms with van der Waals surface area (Å²) in [5.74, 6) is 0.811. The van der Waals surface area contributed by atoms with Gasteiger partial charge in [-0.25, -0.2) is 4.98 Å². The van der Waals surface area contributed by atoms with Gasteiger partial charge in [-0.2, -0.15) is 0 Å². The van der Waals surface area contributed by atoms with Crippen LogP contribution in [0.4, 0.5) is 0 Å². The fraction of sp³-hybridized carbons (Fsp3) is 0.318. The van der Waals surface area contributed by atoms with E-state index in [-0.39, 0.29) is 0 Å². The summed E-state index contributed by atoms with van der Waals surface area (Å²) >= 11 is 0. The van der Waals surface area contributed by atoms with Crippen LogP contribution in [0.1, 0.15) is 24.8 Å². The largest absolute Gasteiger partial charge is 0.316 e. The topological polar surface area (TPSA) is 24.9 Å². The van der Waals surface area contributed by atoms with E-state index in [9.17, 15) is 0 Å². The molecule has 1 aromatic heterocycles. The number of para-hydroxylation sites is 1. The molecule has 0 aliphatic carbocycles. The summed E-state index contributed by atoms with van der Waals surface area (Å²) < 4.78 is 0. The number of aromatic nitrogens is 1. The van der Waals surface area contributed by atoms with E-state index < -0.39 is 0 Å². The van der Waals surface area contributed by atoms with Gasteiger partial charge in [-0.1, -0.05) is 48.5 Å². The molecule has 24 heavy (non-hydrogen) atoms. The third-order valence-corrected chi connectivity index (χ3v) is 5.09. The number of aryl methyl sites for hydroxylation is 1. The van der Waals surface area contributed by atoms with E-state index in [2.05, 4.69) is 66.0 Å². The molecule has 1 saturated heterocycles. The number of hydrogen-bond acceptors (Lipinski definition) is 2. The first-order chi connectivity index (χ1) is 11.9. The lowest BCUT2D eigenvalue weighted by Gasteiger charge is -2.23. The Morgan fingerprint density at radius 3 is 2.67 bits per heavy atom. The molecule has 2 heteroatoms. The molecule has 0 bridgehead atoms. The highest BCUT2D eigenvalue weighted by molar-refractivity contribution is 5.85. The van der Waals surface area contributed by atoms with Crippen molar-refractivity contribution in [2.24, 2.45) is 5.92 Å². The molecule has 3 aromatic rings. The third kappa shape index (κ3) is 3.34. The average Bonchev–Trinajstić information content (AvgIpc) is 2.67. The number of pyridine rings is 1. The molecule has 2 nitrogen and oxygen atoms in total. The minimum atomic E-state index is 0.811. The van der Waals surface area contributed by atoms with Crippen LogP contribution in [-0.2, 0) is 6.42 Å². The van der Waals surface area contributed by atoms with Crippen molar-refractivity contribution in [3.05, 3.63) is 66.2 Å². The Morgan fingerprint density at radius 2 is 1.83 bits per heavy atom. The van der Waals surface area contributed by atoms with Gasteiger partial charge in [0, 0.05) is 10.9 Å². The fourth-order valence-corrected chi connectivity index (χ4v) is 3.74. The minimum absolute atomic E-state index is 0.811. The Labute approximate surface area is 143 Å². The Bertz CT molecular complexity index is 805. The van der Waals surface area contributed by atoms with Gasteiger partial charge in [0.2, 0.25) is 0 Å². The van der Waals surface area contributed by atoms with E-state index >= 15 is 0 Å². The molecule has 1 fully saturated rings. The van der Waals surface area contributed by atoms with Crippen molar-refractivity contribution >= 4 is 10.9 Å². The van der Waals surface area contributed by atoms with Crippen molar-refractivity contribution in [1.29, 1.82) is 0 Å². The highest BCUT2D eigenvalue weighted by atomic mass is 14.9. The molecule has 122 valence electrons. The van der Waals surface area contributed by atoms with Crippen molar-refractivity contribution in [2.75, 3.05) is 13.1 Å². The van der Waals surface area contributed by atoms with Crippen molar-refractivity contribution in [3.63, 3.8) is 0 Å². The van der Waals surface area contributed by atoms with Gasteiger partial charge in [-0.05, 0) is 62.4 Å². The highest BCUT2D eigenvalue weighted by Gasteiger charge is 2.14. The summed E-state index contributed by atoms with van der Waals surface area (Å²) in [6.45, 7) is 2.36. The Kier molecular flexibility index (Phi) is 4.57. The Hall–Kier alpha value is -2.19. The lowest BCUT2D eigenvalue weighted by atomic mass is 9.91. The van der Waals surface area contributed by atoms with Gasteiger partial charge in [-0.3, -0.25) is 0 Å². The second-order valence-corrected chi connectivity index (χ2v) is 6.80. The number of rotatable bonds is 4. The first-order valence-corrected chi connectivity index (χ1v) is 9.05. The first kappa shape index (κ1) is 15.3. The second-order valence-electron chi connectivity index (χ2n) is 6.80. The van der Waals surface area contributed by atoms with Crippen molar-refractivity contribution in [1.82, 2.24) is 10.3 Å². The lowest BCUT2D eigenvalue weighted by Crippen LogP contribution is -2.29. The standard InChI is InChI=1S/C22H24N2/c1-2-8-18(9-3-1)22-15-19(13-12-17-7-6-14-23-16-17)20-10-4-5-11-21(20)24-22/h1-5,8-11,15,17,23H,6-7,12-14,16H2/t17-/m0/s1. The van der Waals surface area contributed by atoms with Crippen LogP contribution >= 0.6 is 0 Å². The van der Waals surface area contributed by atoms with Gasteiger partial charge in [0.25, 0.3) is 0 Å². The predicted octanol–water partition coefficient (Wildman–Crippen LogP) is 4.83. The van der Waals surface area contributed by atoms with Crippen molar-refractivity contribution in [2.45, 2.75) is 25.7 Å². The van der Waals surface area contributed by atoms with Crippen LogP contribution in [0, 0.1) is 5.92 Å². The Balaban J connectivity index is 1.67. The molecule has 1 aliphatic rings. The van der Waals surface area contributed by atoms with Crippen LogP contribution in [0.5, 0.6) is 0 Å². The summed E-state index contributed by atoms with van der Waals surface area (Å²) in [5, 5.41) is 4.84. The average molecular weight is 316 g/mol. The lowest BCUT2D eigenvalue weighted by molar-refractivity contribution is 0.358. The zero-order chi connectivity index (χ0) is 16.2. The first-order valence-electron chi connectivity index (χ1n) is 9.05. The monoisotopic (exact) mass is 316 g/mol. The normalized spacial score (nSPS) is 17.9. The van der Waals surface area contributed by atoms with E-state index in [1.165, 1.54) is 48.9 Å². The Morgan fingerprint density at radius 1 is 1.00 bits per heavy atom.